The van der Waals surface area contributed by atoms with E-state index in [1.54, 1.807) is 23.1 Å². The van der Waals surface area contributed by atoms with Crippen LogP contribution >= 0.6 is 23.1 Å². The van der Waals surface area contributed by atoms with Crippen molar-refractivity contribution >= 4 is 34.1 Å². The molecule has 0 atom stereocenters. The zero-order valence-electron chi connectivity index (χ0n) is 14.4. The van der Waals surface area contributed by atoms with Crippen LogP contribution in [0.5, 0.6) is 0 Å². The summed E-state index contributed by atoms with van der Waals surface area (Å²) in [7, 11) is 0. The van der Waals surface area contributed by atoms with E-state index in [1.807, 2.05) is 18.2 Å². The number of thiazole rings is 1. The van der Waals surface area contributed by atoms with Gasteiger partial charge in [-0.3, -0.25) is 4.79 Å². The van der Waals surface area contributed by atoms with Gasteiger partial charge in [0.15, 0.2) is 5.13 Å². The number of carbonyl (C=O) groups excluding carboxylic acids is 1. The van der Waals surface area contributed by atoms with Crippen LogP contribution in [0.3, 0.4) is 0 Å². The van der Waals surface area contributed by atoms with Gasteiger partial charge in [0.1, 0.15) is 0 Å². The number of fused-ring (bicyclic) bond motifs is 3. The number of amides is 1. The number of nitrogens with zero attached hydrogens (tertiary/aromatic N) is 1. The van der Waals surface area contributed by atoms with Crippen LogP contribution in [0, 0.1) is 0 Å². The fourth-order valence-corrected chi connectivity index (χ4v) is 4.99. The molecule has 4 rings (SSSR count). The highest BCUT2D eigenvalue weighted by molar-refractivity contribution is 7.99. The Hall–Kier alpha value is -2.11. The summed E-state index contributed by atoms with van der Waals surface area (Å²) in [5.74, 6) is 0.997. The second-order valence-electron chi connectivity index (χ2n) is 6.26. The van der Waals surface area contributed by atoms with Gasteiger partial charge in [-0.05, 0) is 42.7 Å². The number of anilines is 1. The summed E-state index contributed by atoms with van der Waals surface area (Å²) < 4.78 is 0. The number of benzene rings is 2. The lowest BCUT2D eigenvalue weighted by Crippen LogP contribution is -2.11. The van der Waals surface area contributed by atoms with Gasteiger partial charge in [0.2, 0.25) is 5.91 Å². The van der Waals surface area contributed by atoms with Crippen LogP contribution in [0.15, 0.2) is 59.5 Å². The van der Waals surface area contributed by atoms with E-state index in [0.717, 1.165) is 35.8 Å². The maximum atomic E-state index is 12.2. The molecule has 0 saturated heterocycles. The molecule has 3 nitrogen and oxygen atoms in total. The minimum absolute atomic E-state index is 0.0537. The number of thioether (sulfide) groups is 1. The van der Waals surface area contributed by atoms with E-state index >= 15 is 0 Å². The molecular weight excluding hydrogens is 360 g/mol. The van der Waals surface area contributed by atoms with Crippen LogP contribution < -0.4 is 5.32 Å². The van der Waals surface area contributed by atoms with Crippen molar-refractivity contribution in [1.29, 1.82) is 0 Å². The molecule has 1 aliphatic rings. The van der Waals surface area contributed by atoms with Gasteiger partial charge in [0, 0.05) is 21.8 Å². The first-order valence-electron chi connectivity index (χ1n) is 8.85. The molecule has 0 radical (unpaired) electrons. The summed E-state index contributed by atoms with van der Waals surface area (Å²) in [6, 6.07) is 18.7. The third-order valence-electron chi connectivity index (χ3n) is 4.40. The van der Waals surface area contributed by atoms with Gasteiger partial charge >= 0.3 is 0 Å². The molecule has 3 aromatic rings. The largest absolute Gasteiger partial charge is 0.302 e. The molecule has 1 amide bonds. The third kappa shape index (κ3) is 4.00. The van der Waals surface area contributed by atoms with Crippen molar-refractivity contribution in [2.24, 2.45) is 0 Å². The van der Waals surface area contributed by atoms with Crippen LogP contribution in [0.1, 0.15) is 23.3 Å². The summed E-state index contributed by atoms with van der Waals surface area (Å²) in [5, 5.41) is 3.72. The van der Waals surface area contributed by atoms with Gasteiger partial charge in [0.25, 0.3) is 0 Å². The molecule has 5 heteroatoms. The Morgan fingerprint density at radius 1 is 1.08 bits per heavy atom. The number of rotatable bonds is 6. The van der Waals surface area contributed by atoms with E-state index in [-0.39, 0.29) is 5.91 Å². The van der Waals surface area contributed by atoms with Gasteiger partial charge in [0.05, 0.1) is 5.69 Å². The van der Waals surface area contributed by atoms with Crippen LogP contribution in [-0.4, -0.2) is 16.6 Å². The van der Waals surface area contributed by atoms with Crippen molar-refractivity contribution in [3.8, 4) is 11.3 Å². The number of aryl methyl sites for hydroxylation is 2. The van der Waals surface area contributed by atoms with E-state index in [9.17, 15) is 4.79 Å². The Kier molecular flexibility index (Phi) is 5.37. The molecule has 0 fully saturated rings. The number of hydrogen-bond acceptors (Lipinski definition) is 4. The fourth-order valence-electron chi connectivity index (χ4n) is 3.12. The molecule has 0 aliphatic heterocycles. The lowest BCUT2D eigenvalue weighted by Gasteiger charge is -2.13. The van der Waals surface area contributed by atoms with Gasteiger partial charge < -0.3 is 5.32 Å². The van der Waals surface area contributed by atoms with Gasteiger partial charge in [-0.25, -0.2) is 4.98 Å². The quantitative estimate of drug-likeness (QED) is 0.459. The van der Waals surface area contributed by atoms with Crippen molar-refractivity contribution in [2.75, 3.05) is 11.1 Å². The number of hydrogen-bond donors (Lipinski definition) is 1. The number of aromatic nitrogens is 1. The molecule has 26 heavy (non-hydrogen) atoms. The normalized spacial score (nSPS) is 12.3. The van der Waals surface area contributed by atoms with Crippen molar-refractivity contribution in [3.63, 3.8) is 0 Å². The maximum absolute atomic E-state index is 12.2. The van der Waals surface area contributed by atoms with E-state index in [2.05, 4.69) is 46.7 Å². The van der Waals surface area contributed by atoms with E-state index in [4.69, 9.17) is 0 Å². The first-order chi connectivity index (χ1) is 12.8. The first kappa shape index (κ1) is 17.3. The Labute approximate surface area is 161 Å². The first-order valence-corrected chi connectivity index (χ1v) is 10.7. The molecule has 1 N–H and O–H groups in total. The number of nitrogens with one attached hydrogen (secondary N) is 1. The molecule has 2 aromatic carbocycles. The Morgan fingerprint density at radius 2 is 1.88 bits per heavy atom. The molecule has 132 valence electrons. The highest BCUT2D eigenvalue weighted by Gasteiger charge is 2.21. The highest BCUT2D eigenvalue weighted by Crippen LogP contribution is 2.37. The standard InChI is InChI=1S/C21H20N2OS2/c24-19(11-6-14-25-16-8-2-1-3-9-16)22-21-23-20-17-10-5-4-7-15(17)12-13-18(20)26-21/h1-5,7-10H,6,11-14H2,(H,22,23,24). The van der Waals surface area contributed by atoms with Crippen molar-refractivity contribution < 1.29 is 4.79 Å². The monoisotopic (exact) mass is 380 g/mol. The molecule has 0 spiro atoms. The molecule has 1 aromatic heterocycles. The van der Waals surface area contributed by atoms with Crippen molar-refractivity contribution in [2.45, 2.75) is 30.6 Å². The predicted octanol–water partition coefficient (Wildman–Crippen LogP) is 5.42. The lowest BCUT2D eigenvalue weighted by molar-refractivity contribution is -0.116. The second kappa shape index (κ2) is 8.06. The minimum atomic E-state index is 0.0537. The van der Waals surface area contributed by atoms with Crippen molar-refractivity contribution in [3.05, 3.63) is 65.0 Å². The zero-order valence-corrected chi connectivity index (χ0v) is 16.0. The molecule has 0 saturated carbocycles. The molecular formula is C21H20N2OS2. The third-order valence-corrected chi connectivity index (χ3v) is 6.53. The molecule has 1 aliphatic carbocycles. The highest BCUT2D eigenvalue weighted by atomic mass is 32.2. The Bertz CT molecular complexity index is 905. The summed E-state index contributed by atoms with van der Waals surface area (Å²) in [6.07, 6.45) is 3.45. The Morgan fingerprint density at radius 3 is 2.77 bits per heavy atom. The summed E-state index contributed by atoms with van der Waals surface area (Å²) in [5.41, 5.74) is 3.61. The summed E-state index contributed by atoms with van der Waals surface area (Å²) in [6.45, 7) is 0. The van der Waals surface area contributed by atoms with Crippen LogP contribution in [0.25, 0.3) is 11.3 Å². The topological polar surface area (TPSA) is 42.0 Å². The smallest absolute Gasteiger partial charge is 0.226 e. The summed E-state index contributed by atoms with van der Waals surface area (Å²) >= 11 is 3.41. The van der Waals surface area contributed by atoms with Gasteiger partial charge in [-0.2, -0.15) is 0 Å². The number of carbonyl (C=O) groups is 1. The fraction of sp³-hybridized carbons (Fsp3) is 0.238. The van der Waals surface area contributed by atoms with Gasteiger partial charge in [-0.1, -0.05) is 42.5 Å². The Balaban J connectivity index is 1.31. The average molecular weight is 381 g/mol. The molecule has 0 bridgehead atoms. The van der Waals surface area contributed by atoms with Crippen LogP contribution in [-0.2, 0) is 17.6 Å². The average Bonchev–Trinajstić information content (AvgIpc) is 3.09. The van der Waals surface area contributed by atoms with E-state index < -0.39 is 0 Å². The van der Waals surface area contributed by atoms with Gasteiger partial charge in [-0.15, -0.1) is 23.1 Å². The zero-order chi connectivity index (χ0) is 17.8. The van der Waals surface area contributed by atoms with Crippen LogP contribution in [0.4, 0.5) is 5.13 Å². The SMILES string of the molecule is O=C(CCCSc1ccccc1)Nc1nc2c(s1)CCc1ccccc1-2. The molecule has 0 unspecified atom stereocenters. The van der Waals surface area contributed by atoms with E-state index in [1.165, 1.54) is 20.9 Å². The minimum Gasteiger partial charge on any atom is -0.302 e. The van der Waals surface area contributed by atoms with Crippen LogP contribution in [0.2, 0.25) is 0 Å². The second-order valence-corrected chi connectivity index (χ2v) is 8.51. The maximum Gasteiger partial charge on any atom is 0.226 e. The van der Waals surface area contributed by atoms with E-state index in [0.29, 0.717) is 6.42 Å². The molecule has 1 heterocycles. The predicted molar refractivity (Wildman–Crippen MR) is 110 cm³/mol. The summed E-state index contributed by atoms with van der Waals surface area (Å²) in [4.78, 5) is 19.4. The van der Waals surface area contributed by atoms with Crippen molar-refractivity contribution in [1.82, 2.24) is 4.98 Å². The lowest BCUT2D eigenvalue weighted by atomic mass is 9.94.